The van der Waals surface area contributed by atoms with Gasteiger partial charge in [-0.25, -0.2) is 4.79 Å². The Hall–Kier alpha value is 1.21. The summed E-state index contributed by atoms with van der Waals surface area (Å²) in [5, 5.41) is 8.96. The molecule has 120 valence electrons. The maximum atomic E-state index is 11.0. The lowest BCUT2D eigenvalue weighted by Crippen LogP contribution is -2.53. The Morgan fingerprint density at radius 3 is 1.80 bits per heavy atom. The van der Waals surface area contributed by atoms with Crippen molar-refractivity contribution in [1.82, 2.24) is 0 Å². The lowest BCUT2D eigenvalue weighted by Gasteiger charge is -2.38. The molecular weight excluding hydrogens is 389 g/mol. The lowest BCUT2D eigenvalue weighted by molar-refractivity contribution is -0.138. The average Bonchev–Trinajstić information content (AvgIpc) is 2.32. The monoisotopic (exact) mass is 404 g/mol. The van der Waals surface area contributed by atoms with Gasteiger partial charge in [0, 0.05) is 0 Å². The maximum absolute atomic E-state index is 11.0. The van der Waals surface area contributed by atoms with E-state index in [0.717, 1.165) is 25.7 Å². The Labute approximate surface area is 150 Å². The highest BCUT2D eigenvalue weighted by Crippen LogP contribution is 2.56. The number of carboxylic acids is 1. The van der Waals surface area contributed by atoms with Gasteiger partial charge in [-0.1, -0.05) is 115 Å². The second-order valence-electron chi connectivity index (χ2n) is 4.68. The van der Waals surface area contributed by atoms with Gasteiger partial charge < -0.3 is 5.11 Å². The second-order valence-corrected chi connectivity index (χ2v) is 8.81. The van der Waals surface area contributed by atoms with Crippen LogP contribution < -0.4 is 0 Å². The van der Waals surface area contributed by atoms with Crippen LogP contribution in [0.3, 0.4) is 0 Å². The summed E-state index contributed by atoms with van der Waals surface area (Å²) in [6.07, 6.45) is 6.25. The van der Waals surface area contributed by atoms with Crippen molar-refractivity contribution in [2.75, 3.05) is 0 Å². The summed E-state index contributed by atoms with van der Waals surface area (Å²) in [5.74, 6) is -1.60. The first kappa shape index (κ1) is 21.2. The molecule has 0 spiro atoms. The van der Waals surface area contributed by atoms with E-state index in [4.69, 9.17) is 74.7 Å². The molecule has 0 heterocycles. The minimum Gasteiger partial charge on any atom is -0.479 e. The van der Waals surface area contributed by atoms with Gasteiger partial charge in [-0.15, -0.1) is 0 Å². The van der Waals surface area contributed by atoms with Crippen LogP contribution in [-0.4, -0.2) is 24.1 Å². The summed E-state index contributed by atoms with van der Waals surface area (Å²) in [7, 11) is 0. The van der Waals surface area contributed by atoms with Gasteiger partial charge in [0.15, 0.2) is 8.67 Å². The molecule has 0 aromatic carbocycles. The molecule has 20 heavy (non-hydrogen) atoms. The SMILES string of the molecule is CCCCCCCCC(Cl)(Cl)C(Cl)(Cl)C(Cl)(Cl)C(=O)O. The molecule has 0 fully saturated rings. The number of alkyl halides is 6. The van der Waals surface area contributed by atoms with Crippen molar-refractivity contribution in [2.45, 2.75) is 64.9 Å². The molecule has 0 atom stereocenters. The van der Waals surface area contributed by atoms with Gasteiger partial charge in [-0.2, -0.15) is 0 Å². The number of unbranched alkanes of at least 4 members (excludes halogenated alkanes) is 5. The summed E-state index contributed by atoms with van der Waals surface area (Å²) >= 11 is 35.3. The highest BCUT2D eigenvalue weighted by molar-refractivity contribution is 6.73. The molecule has 1 N–H and O–H groups in total. The van der Waals surface area contributed by atoms with Gasteiger partial charge in [0.2, 0.25) is 4.33 Å². The molecule has 0 saturated heterocycles. The van der Waals surface area contributed by atoms with Crippen molar-refractivity contribution < 1.29 is 9.90 Å². The number of carbonyl (C=O) groups is 1. The fourth-order valence-corrected chi connectivity index (χ4v) is 3.07. The van der Waals surface area contributed by atoms with Crippen LogP contribution in [-0.2, 0) is 4.79 Å². The molecule has 0 bridgehead atoms. The van der Waals surface area contributed by atoms with Crippen LogP contribution in [0.1, 0.15) is 51.9 Å². The molecule has 0 radical (unpaired) electrons. The molecule has 8 heteroatoms. The van der Waals surface area contributed by atoms with E-state index in [1.54, 1.807) is 0 Å². The van der Waals surface area contributed by atoms with Crippen LogP contribution in [0.4, 0.5) is 0 Å². The van der Waals surface area contributed by atoms with Crippen molar-refractivity contribution in [1.29, 1.82) is 0 Å². The molecule has 0 saturated carbocycles. The zero-order chi connectivity index (χ0) is 16.0. The summed E-state index contributed by atoms with van der Waals surface area (Å²) < 4.78 is -6.49. The van der Waals surface area contributed by atoms with Gasteiger partial charge in [0.05, 0.1) is 0 Å². The van der Waals surface area contributed by atoms with Gasteiger partial charge in [0.1, 0.15) is 0 Å². The first-order valence-electron chi connectivity index (χ1n) is 6.37. The van der Waals surface area contributed by atoms with E-state index in [2.05, 4.69) is 6.92 Å². The largest absolute Gasteiger partial charge is 0.479 e. The van der Waals surface area contributed by atoms with Gasteiger partial charge in [0.25, 0.3) is 0 Å². The first-order valence-corrected chi connectivity index (χ1v) is 8.64. The number of carboxylic acid groups (broad SMARTS) is 1. The Balaban J connectivity index is 4.51. The highest BCUT2D eigenvalue weighted by Gasteiger charge is 2.64. The topological polar surface area (TPSA) is 37.3 Å². The van der Waals surface area contributed by atoms with E-state index >= 15 is 0 Å². The summed E-state index contributed by atoms with van der Waals surface area (Å²) in [6.45, 7) is 2.13. The molecule has 0 aliphatic heterocycles. The first-order chi connectivity index (χ1) is 9.00. The molecule has 0 unspecified atom stereocenters. The van der Waals surface area contributed by atoms with Gasteiger partial charge in [-0.05, 0) is 6.42 Å². The van der Waals surface area contributed by atoms with Gasteiger partial charge >= 0.3 is 5.97 Å². The molecule has 0 rings (SSSR count). The van der Waals surface area contributed by atoms with Crippen LogP contribution in [0, 0.1) is 0 Å². The predicted molar refractivity (Wildman–Crippen MR) is 88.9 cm³/mol. The number of aliphatic carboxylic acids is 1. The van der Waals surface area contributed by atoms with Crippen LogP contribution >= 0.6 is 69.6 Å². The van der Waals surface area contributed by atoms with Crippen LogP contribution in [0.15, 0.2) is 0 Å². The zero-order valence-electron chi connectivity index (χ0n) is 11.1. The minimum absolute atomic E-state index is 0.198. The third-order valence-corrected chi connectivity index (χ3v) is 6.79. The smallest absolute Gasteiger partial charge is 0.343 e. The van der Waals surface area contributed by atoms with E-state index in [0.29, 0.717) is 6.42 Å². The van der Waals surface area contributed by atoms with Crippen molar-refractivity contribution in [2.24, 2.45) is 0 Å². The van der Waals surface area contributed by atoms with Crippen molar-refractivity contribution in [3.05, 3.63) is 0 Å². The van der Waals surface area contributed by atoms with E-state index in [9.17, 15) is 4.79 Å². The van der Waals surface area contributed by atoms with Crippen LogP contribution in [0.5, 0.6) is 0 Å². The van der Waals surface area contributed by atoms with Crippen LogP contribution in [0.25, 0.3) is 0 Å². The van der Waals surface area contributed by atoms with Crippen LogP contribution in [0.2, 0.25) is 0 Å². The fourth-order valence-electron chi connectivity index (χ4n) is 1.65. The molecule has 2 nitrogen and oxygen atoms in total. The molecule has 0 aromatic rings. The predicted octanol–water partition coefficient (Wildman–Crippen LogP) is 6.34. The number of hydrogen-bond donors (Lipinski definition) is 1. The van der Waals surface area contributed by atoms with E-state index in [1.807, 2.05) is 0 Å². The molecule has 0 aliphatic carbocycles. The van der Waals surface area contributed by atoms with E-state index < -0.39 is 19.0 Å². The molecule has 0 aromatic heterocycles. The third-order valence-electron chi connectivity index (χ3n) is 2.97. The van der Waals surface area contributed by atoms with E-state index in [1.165, 1.54) is 6.42 Å². The summed E-state index contributed by atoms with van der Waals surface area (Å²) in [6, 6.07) is 0. The normalized spacial score (nSPS) is 13.6. The minimum atomic E-state index is -2.50. The van der Waals surface area contributed by atoms with Crippen molar-refractivity contribution in [3.63, 3.8) is 0 Å². The number of hydrogen-bond acceptors (Lipinski definition) is 1. The van der Waals surface area contributed by atoms with Crippen molar-refractivity contribution >= 4 is 75.6 Å². The average molecular weight is 407 g/mol. The van der Waals surface area contributed by atoms with E-state index in [-0.39, 0.29) is 6.42 Å². The molecular formula is C12H18Cl6O2. The molecule has 0 amide bonds. The Bertz CT molecular complexity index is 317. The second kappa shape index (κ2) is 8.74. The zero-order valence-corrected chi connectivity index (χ0v) is 15.6. The number of halogens is 6. The molecule has 0 aliphatic rings. The Kier molecular flexibility index (Phi) is 9.27. The van der Waals surface area contributed by atoms with Crippen molar-refractivity contribution in [3.8, 4) is 0 Å². The summed E-state index contributed by atoms with van der Waals surface area (Å²) in [4.78, 5) is 11.0. The third kappa shape index (κ3) is 5.44. The standard InChI is InChI=1S/C12H18Cl6O2/c1-2-3-4-5-6-7-8-10(13,14)12(17,18)11(15,16)9(19)20/h2-8H2,1H3,(H,19,20). The highest BCUT2D eigenvalue weighted by atomic mass is 35.5. The summed E-state index contributed by atoms with van der Waals surface area (Å²) in [5.41, 5.74) is 0. The maximum Gasteiger partial charge on any atom is 0.343 e. The fraction of sp³-hybridized carbons (Fsp3) is 0.917. The Morgan fingerprint density at radius 1 is 0.900 bits per heavy atom. The van der Waals surface area contributed by atoms with Gasteiger partial charge in [-0.3, -0.25) is 0 Å². The Morgan fingerprint density at radius 2 is 1.35 bits per heavy atom. The quantitative estimate of drug-likeness (QED) is 0.339. The number of rotatable bonds is 10. The lowest BCUT2D eigenvalue weighted by atomic mass is 10.0.